The maximum Gasteiger partial charge on any atom is 0.306 e. The van der Waals surface area contributed by atoms with Gasteiger partial charge in [-0.1, -0.05) is 49.2 Å². The van der Waals surface area contributed by atoms with E-state index >= 15 is 0 Å². The molecule has 3 aromatic rings. The van der Waals surface area contributed by atoms with Crippen LogP contribution in [-0.4, -0.2) is 81.8 Å². The number of methoxy groups -OCH3 is 2. The summed E-state index contributed by atoms with van der Waals surface area (Å²) in [6.07, 6.45) is 8.71. The topological polar surface area (TPSA) is 77.5 Å². The number of ether oxygens (including phenoxy) is 4. The summed E-state index contributed by atoms with van der Waals surface area (Å²) in [6.45, 7) is 1.75. The zero-order chi connectivity index (χ0) is 35.1. The molecule has 50 heavy (non-hydrogen) atoms. The Hall–Kier alpha value is -4.04. The van der Waals surface area contributed by atoms with E-state index in [1.54, 1.807) is 14.2 Å². The van der Waals surface area contributed by atoms with Gasteiger partial charge in [0.2, 0.25) is 5.91 Å². The Kier molecular flexibility index (Phi) is 11.7. The third kappa shape index (κ3) is 8.12. The van der Waals surface area contributed by atoms with Crippen molar-refractivity contribution in [3.05, 3.63) is 89.0 Å². The summed E-state index contributed by atoms with van der Waals surface area (Å²) in [5.74, 6) is 2.74. The van der Waals surface area contributed by atoms with E-state index < -0.39 is 6.10 Å². The average molecular weight is 683 g/mol. The van der Waals surface area contributed by atoms with Crippen molar-refractivity contribution >= 4 is 11.9 Å². The van der Waals surface area contributed by atoms with Gasteiger partial charge >= 0.3 is 5.97 Å². The normalized spacial score (nSPS) is 21.5. The molecule has 2 aliphatic carbocycles. The predicted molar refractivity (Wildman–Crippen MR) is 195 cm³/mol. The first-order valence-corrected chi connectivity index (χ1v) is 18.4. The fourth-order valence-electron chi connectivity index (χ4n) is 8.74. The van der Waals surface area contributed by atoms with Crippen molar-refractivity contribution in [1.82, 2.24) is 9.80 Å². The smallest absolute Gasteiger partial charge is 0.306 e. The van der Waals surface area contributed by atoms with Gasteiger partial charge in [0, 0.05) is 37.4 Å². The van der Waals surface area contributed by atoms with Gasteiger partial charge in [0.15, 0.2) is 0 Å². The molecule has 8 heteroatoms. The van der Waals surface area contributed by atoms with E-state index in [4.69, 9.17) is 18.9 Å². The first kappa shape index (κ1) is 35.8. The molecule has 4 atom stereocenters. The number of piperidine rings is 1. The molecule has 3 aliphatic rings. The lowest BCUT2D eigenvalue weighted by Gasteiger charge is -2.59. The molecule has 1 saturated heterocycles. The monoisotopic (exact) mass is 682 g/mol. The first-order valence-electron chi connectivity index (χ1n) is 18.4. The number of hydrogen-bond donors (Lipinski definition) is 0. The summed E-state index contributed by atoms with van der Waals surface area (Å²) in [6, 6.07) is 22.9. The minimum atomic E-state index is -0.420. The van der Waals surface area contributed by atoms with Crippen molar-refractivity contribution in [3.8, 4) is 17.2 Å². The van der Waals surface area contributed by atoms with E-state index in [-0.39, 0.29) is 42.8 Å². The molecule has 2 bridgehead atoms. The highest BCUT2D eigenvalue weighted by Gasteiger charge is 2.54. The number of fused-ring (bicyclic) bond motifs is 1. The maximum atomic E-state index is 13.8. The SMILES string of the molecule is COc1cccc(CCc2ccccc2OC[C@H](CCN(C)C)OC(=O)CCC(=O)N2CC[C@@]34CCCC[C@@H]3[C@@H]2Cc2ccc(OC)cc24)c1. The molecule has 0 spiro atoms. The summed E-state index contributed by atoms with van der Waals surface area (Å²) < 4.78 is 23.3. The lowest BCUT2D eigenvalue weighted by atomic mass is 9.52. The molecule has 8 nitrogen and oxygen atoms in total. The van der Waals surface area contributed by atoms with Crippen molar-refractivity contribution in [3.63, 3.8) is 0 Å². The summed E-state index contributed by atoms with van der Waals surface area (Å²) in [5, 5.41) is 0. The number of amides is 1. The number of para-hydroxylation sites is 1. The number of hydrogen-bond acceptors (Lipinski definition) is 7. The third-order valence-corrected chi connectivity index (χ3v) is 11.3. The van der Waals surface area contributed by atoms with Gasteiger partial charge in [-0.05, 0) is 111 Å². The van der Waals surface area contributed by atoms with Gasteiger partial charge in [-0.25, -0.2) is 0 Å². The minimum absolute atomic E-state index is 0.0640. The molecule has 268 valence electrons. The van der Waals surface area contributed by atoms with Crippen molar-refractivity contribution < 1.29 is 28.5 Å². The number of aryl methyl sites for hydroxylation is 2. The van der Waals surface area contributed by atoms with Crippen molar-refractivity contribution in [2.24, 2.45) is 5.92 Å². The van der Waals surface area contributed by atoms with Gasteiger partial charge in [-0.15, -0.1) is 0 Å². The zero-order valence-electron chi connectivity index (χ0n) is 30.3. The van der Waals surface area contributed by atoms with Crippen LogP contribution in [0.5, 0.6) is 17.2 Å². The number of nitrogens with zero attached hydrogens (tertiary/aromatic N) is 2. The maximum absolute atomic E-state index is 13.8. The molecular weight excluding hydrogens is 628 g/mol. The fourth-order valence-corrected chi connectivity index (χ4v) is 8.74. The lowest BCUT2D eigenvalue weighted by molar-refractivity contribution is -0.154. The second-order valence-electron chi connectivity index (χ2n) is 14.6. The summed E-state index contributed by atoms with van der Waals surface area (Å²) in [7, 11) is 7.43. The van der Waals surface area contributed by atoms with Crippen LogP contribution in [0.3, 0.4) is 0 Å². The molecular formula is C42H54N2O6. The number of rotatable bonds is 15. The number of carbonyl (C=O) groups is 2. The standard InChI is InChI=1S/C42H54N2O6/c1-43(2)24-21-35(29-49-39-14-6-5-11-31(39)16-15-30-10-9-12-33(26-30)47-3)50-41(46)20-19-40(45)44-25-23-42-22-8-7-13-36(42)38(44)27-32-17-18-34(48-4)28-37(32)42/h5-6,9-12,14,17-18,26,28,35-36,38H,7-8,13,15-16,19-25,27,29H2,1-4H3/t35-,36+,38-,42-/m0/s1. The quantitative estimate of drug-likeness (QED) is 0.163. The van der Waals surface area contributed by atoms with E-state index in [1.165, 1.54) is 36.0 Å². The molecule has 2 fully saturated rings. The molecule has 0 radical (unpaired) electrons. The highest BCUT2D eigenvalue weighted by molar-refractivity contribution is 5.82. The molecule has 1 heterocycles. The van der Waals surface area contributed by atoms with Gasteiger partial charge in [0.05, 0.1) is 20.6 Å². The van der Waals surface area contributed by atoms with Crippen LogP contribution < -0.4 is 14.2 Å². The van der Waals surface area contributed by atoms with Crippen LogP contribution in [0.25, 0.3) is 0 Å². The summed E-state index contributed by atoms with van der Waals surface area (Å²) >= 11 is 0. The second-order valence-corrected chi connectivity index (χ2v) is 14.6. The van der Waals surface area contributed by atoms with Crippen molar-refractivity contribution in [1.29, 1.82) is 0 Å². The number of carbonyl (C=O) groups excluding carboxylic acids is 2. The third-order valence-electron chi connectivity index (χ3n) is 11.3. The van der Waals surface area contributed by atoms with Crippen LogP contribution in [0.15, 0.2) is 66.7 Å². The Morgan fingerprint density at radius 1 is 0.920 bits per heavy atom. The van der Waals surface area contributed by atoms with E-state index in [1.807, 2.05) is 50.5 Å². The Morgan fingerprint density at radius 2 is 1.74 bits per heavy atom. The summed E-state index contributed by atoms with van der Waals surface area (Å²) in [4.78, 5) is 31.2. The van der Waals surface area contributed by atoms with E-state index in [0.29, 0.717) is 12.3 Å². The Morgan fingerprint density at radius 3 is 2.56 bits per heavy atom. The van der Waals surface area contributed by atoms with Crippen LogP contribution in [0, 0.1) is 5.92 Å². The molecule has 1 aliphatic heterocycles. The predicted octanol–water partition coefficient (Wildman–Crippen LogP) is 6.80. The van der Waals surface area contributed by atoms with Crippen LogP contribution in [0.4, 0.5) is 0 Å². The highest BCUT2D eigenvalue weighted by atomic mass is 16.6. The average Bonchev–Trinajstić information content (AvgIpc) is 3.14. The number of benzene rings is 3. The Balaban J connectivity index is 1.05. The second kappa shape index (κ2) is 16.3. The lowest BCUT2D eigenvalue weighted by Crippen LogP contribution is -2.62. The molecule has 0 N–H and O–H groups in total. The van der Waals surface area contributed by atoms with Crippen LogP contribution in [-0.2, 0) is 39.0 Å². The largest absolute Gasteiger partial charge is 0.497 e. The van der Waals surface area contributed by atoms with Gasteiger partial charge in [-0.3, -0.25) is 9.59 Å². The zero-order valence-corrected chi connectivity index (χ0v) is 30.3. The van der Waals surface area contributed by atoms with Gasteiger partial charge in [0.1, 0.15) is 30.0 Å². The van der Waals surface area contributed by atoms with Crippen molar-refractivity contribution in [2.45, 2.75) is 88.2 Å². The van der Waals surface area contributed by atoms with Crippen molar-refractivity contribution in [2.75, 3.05) is 48.0 Å². The minimum Gasteiger partial charge on any atom is -0.497 e. The molecule has 1 amide bonds. The number of esters is 1. The van der Waals surface area contributed by atoms with Crippen LogP contribution in [0.2, 0.25) is 0 Å². The Labute approximate surface area is 298 Å². The van der Waals surface area contributed by atoms with Gasteiger partial charge < -0.3 is 28.7 Å². The highest BCUT2D eigenvalue weighted by Crippen LogP contribution is 2.56. The molecule has 0 aromatic heterocycles. The Bertz CT molecular complexity index is 1620. The summed E-state index contributed by atoms with van der Waals surface area (Å²) in [5.41, 5.74) is 5.21. The molecule has 6 rings (SSSR count). The van der Waals surface area contributed by atoms with Gasteiger partial charge in [-0.2, -0.15) is 0 Å². The fraction of sp³-hybridized carbons (Fsp3) is 0.524. The molecule has 0 unspecified atom stereocenters. The molecule has 3 aromatic carbocycles. The van der Waals surface area contributed by atoms with E-state index in [2.05, 4.69) is 40.1 Å². The van der Waals surface area contributed by atoms with E-state index in [0.717, 1.165) is 68.0 Å². The van der Waals surface area contributed by atoms with Gasteiger partial charge in [0.25, 0.3) is 0 Å². The van der Waals surface area contributed by atoms with E-state index in [9.17, 15) is 9.59 Å². The molecule has 1 saturated carbocycles. The number of likely N-dealkylation sites (tertiary alicyclic amines) is 1. The van der Waals surface area contributed by atoms with Crippen LogP contribution >= 0.6 is 0 Å². The van der Waals surface area contributed by atoms with Crippen LogP contribution in [0.1, 0.15) is 73.6 Å². The first-order chi connectivity index (χ1) is 24.3.